The molecule has 118 valence electrons. The second-order valence-electron chi connectivity index (χ2n) is 6.67. The molecule has 1 heteroatoms. The second kappa shape index (κ2) is 6.73. The van der Waals surface area contributed by atoms with E-state index in [1.54, 1.807) is 22.4 Å². The molecule has 1 nitrogen and oxygen atoms in total. The summed E-state index contributed by atoms with van der Waals surface area (Å²) in [5.74, 6) is 0. The summed E-state index contributed by atoms with van der Waals surface area (Å²) in [6, 6.07) is 11.5. The summed E-state index contributed by atoms with van der Waals surface area (Å²) >= 11 is 0. The highest BCUT2D eigenvalue weighted by Crippen LogP contribution is 2.42. The van der Waals surface area contributed by atoms with Crippen LogP contribution in [-0.2, 0) is 6.54 Å². The van der Waals surface area contributed by atoms with E-state index in [1.165, 1.54) is 44.1 Å². The maximum atomic E-state index is 2.68. The largest absolute Gasteiger partial charge is 0.364 e. The maximum absolute atomic E-state index is 2.68. The van der Waals surface area contributed by atoms with Crippen molar-refractivity contribution in [1.82, 2.24) is 4.90 Å². The van der Waals surface area contributed by atoms with Gasteiger partial charge in [-0.3, -0.25) is 0 Å². The topological polar surface area (TPSA) is 3.24 Å². The van der Waals surface area contributed by atoms with Crippen LogP contribution in [0.2, 0.25) is 0 Å². The normalized spacial score (nSPS) is 22.1. The van der Waals surface area contributed by atoms with Crippen molar-refractivity contribution >= 4 is 0 Å². The SMILES string of the molecule is CCC1=C2CCCCC2=C(C)N(Cc2ccccc2)C1CC. The first kappa shape index (κ1) is 15.4. The van der Waals surface area contributed by atoms with E-state index < -0.39 is 0 Å². The number of fused-ring (bicyclic) bond motifs is 1. The number of allylic oxidation sites excluding steroid dienone is 3. The highest BCUT2D eigenvalue weighted by atomic mass is 15.2. The van der Waals surface area contributed by atoms with Crippen LogP contribution in [-0.4, -0.2) is 10.9 Å². The molecular weight excluding hydrogens is 266 g/mol. The zero-order valence-electron chi connectivity index (χ0n) is 14.4. The van der Waals surface area contributed by atoms with Gasteiger partial charge in [-0.1, -0.05) is 44.2 Å². The molecule has 0 aromatic heterocycles. The minimum atomic E-state index is 0.599. The Morgan fingerprint density at radius 3 is 2.32 bits per heavy atom. The lowest BCUT2D eigenvalue weighted by Gasteiger charge is -2.43. The average Bonchev–Trinajstić information content (AvgIpc) is 2.58. The quantitative estimate of drug-likeness (QED) is 0.675. The molecule has 1 aliphatic heterocycles. The van der Waals surface area contributed by atoms with Gasteiger partial charge in [-0.25, -0.2) is 0 Å². The van der Waals surface area contributed by atoms with E-state index in [4.69, 9.17) is 0 Å². The van der Waals surface area contributed by atoms with Crippen molar-refractivity contribution in [2.45, 2.75) is 71.9 Å². The summed E-state index contributed by atoms with van der Waals surface area (Å²) in [5.41, 5.74) is 8.09. The Hall–Kier alpha value is -1.50. The van der Waals surface area contributed by atoms with Crippen LogP contribution in [0.1, 0.15) is 64.9 Å². The fraction of sp³-hybridized carbons (Fsp3) is 0.524. The van der Waals surface area contributed by atoms with Crippen LogP contribution in [0.5, 0.6) is 0 Å². The van der Waals surface area contributed by atoms with Gasteiger partial charge in [0.25, 0.3) is 0 Å². The fourth-order valence-corrected chi connectivity index (χ4v) is 4.38. The Labute approximate surface area is 135 Å². The molecule has 0 spiro atoms. The molecule has 0 radical (unpaired) electrons. The zero-order valence-corrected chi connectivity index (χ0v) is 14.4. The standard InChI is InChI=1S/C21H29N/c1-4-18-20-14-10-9-13-19(20)16(3)22(21(18)5-2)15-17-11-7-6-8-12-17/h6-8,11-12,21H,4-5,9-10,13-15H2,1-3H3. The summed E-state index contributed by atoms with van der Waals surface area (Å²) in [7, 11) is 0. The van der Waals surface area contributed by atoms with Gasteiger partial charge in [-0.2, -0.15) is 0 Å². The molecule has 2 aliphatic rings. The van der Waals surface area contributed by atoms with Crippen LogP contribution in [0.4, 0.5) is 0 Å². The summed E-state index contributed by atoms with van der Waals surface area (Å²) in [6.07, 6.45) is 7.76. The molecule has 1 heterocycles. The number of nitrogens with zero attached hydrogens (tertiary/aromatic N) is 1. The first-order chi connectivity index (χ1) is 10.8. The average molecular weight is 295 g/mol. The third-order valence-corrected chi connectivity index (χ3v) is 5.46. The van der Waals surface area contributed by atoms with E-state index >= 15 is 0 Å². The van der Waals surface area contributed by atoms with Crippen LogP contribution in [0.25, 0.3) is 0 Å². The van der Waals surface area contributed by atoms with Gasteiger partial charge in [0.2, 0.25) is 0 Å². The maximum Gasteiger partial charge on any atom is 0.0506 e. The van der Waals surface area contributed by atoms with Crippen molar-refractivity contribution in [2.24, 2.45) is 0 Å². The highest BCUT2D eigenvalue weighted by molar-refractivity contribution is 5.45. The predicted octanol–water partition coefficient (Wildman–Crippen LogP) is 5.84. The fourth-order valence-electron chi connectivity index (χ4n) is 4.38. The molecule has 0 N–H and O–H groups in total. The molecule has 0 amide bonds. The lowest BCUT2D eigenvalue weighted by Crippen LogP contribution is -2.39. The number of hydrogen-bond donors (Lipinski definition) is 0. The third-order valence-electron chi connectivity index (χ3n) is 5.46. The molecule has 1 aromatic carbocycles. The summed E-state index contributed by atoms with van der Waals surface area (Å²) in [5, 5.41) is 0. The minimum Gasteiger partial charge on any atom is -0.364 e. The van der Waals surface area contributed by atoms with Crippen LogP contribution in [0, 0.1) is 0 Å². The van der Waals surface area contributed by atoms with E-state index in [1.807, 2.05) is 0 Å². The predicted molar refractivity (Wildman–Crippen MR) is 94.5 cm³/mol. The first-order valence-corrected chi connectivity index (χ1v) is 8.98. The van der Waals surface area contributed by atoms with Crippen molar-refractivity contribution in [3.05, 3.63) is 58.3 Å². The van der Waals surface area contributed by atoms with Gasteiger partial charge in [-0.15, -0.1) is 0 Å². The zero-order chi connectivity index (χ0) is 15.5. The Kier molecular flexibility index (Phi) is 4.71. The molecule has 0 saturated heterocycles. The van der Waals surface area contributed by atoms with Gasteiger partial charge in [0, 0.05) is 12.2 Å². The molecule has 22 heavy (non-hydrogen) atoms. The van der Waals surface area contributed by atoms with E-state index in [0.717, 1.165) is 6.54 Å². The molecule has 1 aliphatic carbocycles. The third kappa shape index (κ3) is 2.74. The van der Waals surface area contributed by atoms with Gasteiger partial charge >= 0.3 is 0 Å². The molecule has 1 saturated carbocycles. The van der Waals surface area contributed by atoms with Crippen LogP contribution >= 0.6 is 0 Å². The molecule has 1 atom stereocenters. The van der Waals surface area contributed by atoms with Gasteiger partial charge in [-0.05, 0) is 67.7 Å². The Morgan fingerprint density at radius 1 is 1.00 bits per heavy atom. The molecule has 1 aromatic rings. The van der Waals surface area contributed by atoms with Crippen molar-refractivity contribution in [2.75, 3.05) is 0 Å². The Balaban J connectivity index is 1.98. The van der Waals surface area contributed by atoms with Crippen molar-refractivity contribution in [1.29, 1.82) is 0 Å². The van der Waals surface area contributed by atoms with Gasteiger partial charge in [0.05, 0.1) is 6.04 Å². The van der Waals surface area contributed by atoms with Crippen molar-refractivity contribution in [3.63, 3.8) is 0 Å². The lowest BCUT2D eigenvalue weighted by molar-refractivity contribution is 0.250. The second-order valence-corrected chi connectivity index (χ2v) is 6.67. The van der Waals surface area contributed by atoms with E-state index in [2.05, 4.69) is 56.0 Å². The monoisotopic (exact) mass is 295 g/mol. The summed E-state index contributed by atoms with van der Waals surface area (Å²) in [6.45, 7) is 8.10. The lowest BCUT2D eigenvalue weighted by atomic mass is 9.78. The molecule has 1 fully saturated rings. The van der Waals surface area contributed by atoms with E-state index in [9.17, 15) is 0 Å². The van der Waals surface area contributed by atoms with Crippen LogP contribution in [0.3, 0.4) is 0 Å². The van der Waals surface area contributed by atoms with Gasteiger partial charge < -0.3 is 4.90 Å². The van der Waals surface area contributed by atoms with E-state index in [-0.39, 0.29) is 0 Å². The van der Waals surface area contributed by atoms with Gasteiger partial charge in [0.1, 0.15) is 0 Å². The Morgan fingerprint density at radius 2 is 1.68 bits per heavy atom. The summed E-state index contributed by atoms with van der Waals surface area (Å²) < 4.78 is 0. The highest BCUT2D eigenvalue weighted by Gasteiger charge is 2.31. The number of hydrogen-bond acceptors (Lipinski definition) is 1. The smallest absolute Gasteiger partial charge is 0.0506 e. The van der Waals surface area contributed by atoms with Crippen molar-refractivity contribution in [3.8, 4) is 0 Å². The first-order valence-electron chi connectivity index (χ1n) is 8.98. The minimum absolute atomic E-state index is 0.599. The number of rotatable bonds is 4. The van der Waals surface area contributed by atoms with Crippen LogP contribution in [0.15, 0.2) is 52.7 Å². The molecule has 3 rings (SSSR count). The molecule has 1 unspecified atom stereocenters. The van der Waals surface area contributed by atoms with Crippen molar-refractivity contribution < 1.29 is 0 Å². The molecule has 0 bridgehead atoms. The Bertz CT molecular complexity index is 579. The van der Waals surface area contributed by atoms with Gasteiger partial charge in [0.15, 0.2) is 0 Å². The number of benzene rings is 1. The molecular formula is C21H29N. The van der Waals surface area contributed by atoms with E-state index in [0.29, 0.717) is 6.04 Å². The summed E-state index contributed by atoms with van der Waals surface area (Å²) in [4.78, 5) is 2.68. The van der Waals surface area contributed by atoms with Crippen LogP contribution < -0.4 is 0 Å².